The lowest BCUT2D eigenvalue weighted by molar-refractivity contribution is 0.476. The molecular weight excluding hydrogens is 696 g/mol. The zero-order valence-electron chi connectivity index (χ0n) is 33.1. The van der Waals surface area contributed by atoms with Gasteiger partial charge in [0.25, 0.3) is 0 Å². The average Bonchev–Trinajstić information content (AvgIpc) is 3.25. The molecule has 2 nitrogen and oxygen atoms in total. The molecule has 2 unspecified atom stereocenters. The average molecular weight is 753 g/mol. The van der Waals surface area contributed by atoms with E-state index < -0.39 is 26.4 Å². The van der Waals surface area contributed by atoms with Crippen LogP contribution in [0.4, 0.5) is 0 Å². The second-order valence-electron chi connectivity index (χ2n) is 17.7. The van der Waals surface area contributed by atoms with Crippen LogP contribution in [0, 0.1) is 0 Å². The molecule has 274 valence electrons. The van der Waals surface area contributed by atoms with E-state index >= 15 is 0 Å². The van der Waals surface area contributed by atoms with Crippen molar-refractivity contribution in [1.29, 1.82) is 0 Å². The number of hydrogen-bond acceptors (Lipinski definition) is 1. The van der Waals surface area contributed by atoms with E-state index in [1.54, 1.807) is 0 Å². The second kappa shape index (κ2) is 14.6. The molecule has 0 saturated carbocycles. The lowest BCUT2D eigenvalue weighted by Crippen LogP contribution is -2.27. The highest BCUT2D eigenvalue weighted by Crippen LogP contribution is 2.55. The van der Waals surface area contributed by atoms with E-state index in [0.717, 1.165) is 24.0 Å². The molecule has 0 spiro atoms. The van der Waals surface area contributed by atoms with Crippen LogP contribution in [0.15, 0.2) is 109 Å². The predicted octanol–water partition coefficient (Wildman–Crippen LogP) is 10.4. The van der Waals surface area contributed by atoms with Gasteiger partial charge in [-0.3, -0.25) is 4.57 Å². The van der Waals surface area contributed by atoms with Gasteiger partial charge < -0.3 is 4.89 Å². The van der Waals surface area contributed by atoms with Crippen molar-refractivity contribution in [2.75, 3.05) is 0 Å². The minimum Gasteiger partial charge on any atom is -0.344 e. The zero-order chi connectivity index (χ0) is 37.7. The van der Waals surface area contributed by atoms with E-state index in [0.29, 0.717) is 11.1 Å². The van der Waals surface area contributed by atoms with Crippen LogP contribution in [0.25, 0.3) is 32.7 Å². The summed E-state index contributed by atoms with van der Waals surface area (Å²) in [6, 6.07) is 41.0. The number of rotatable bonds is 8. The summed E-state index contributed by atoms with van der Waals surface area (Å²) in [7, 11) is -5.33. The first kappa shape index (κ1) is 37.8. The molecule has 1 heterocycles. The third-order valence-corrected chi connectivity index (χ3v) is 18.8. The third kappa shape index (κ3) is 7.71. The summed E-state index contributed by atoms with van der Waals surface area (Å²) >= 11 is 0. The molecule has 5 heteroatoms. The Bertz CT molecular complexity index is 2170. The molecule has 0 saturated heterocycles. The van der Waals surface area contributed by atoms with Gasteiger partial charge in [0.15, 0.2) is 0 Å². The summed E-state index contributed by atoms with van der Waals surface area (Å²) in [5, 5.41) is 7.60. The summed E-state index contributed by atoms with van der Waals surface area (Å²) in [6.45, 7) is 18.3. The van der Waals surface area contributed by atoms with Gasteiger partial charge in [-0.1, -0.05) is 188 Å². The molecule has 0 fully saturated rings. The maximum atomic E-state index is 14.7. The Morgan fingerprint density at radius 3 is 1.28 bits per heavy atom. The van der Waals surface area contributed by atoms with Gasteiger partial charge in [0.05, 0.1) is 31.4 Å². The van der Waals surface area contributed by atoms with E-state index in [1.165, 1.54) is 65.3 Å². The molecule has 0 aromatic heterocycles. The van der Waals surface area contributed by atoms with Gasteiger partial charge in [0.2, 0.25) is 7.37 Å². The van der Waals surface area contributed by atoms with Gasteiger partial charge in [-0.05, 0) is 88.0 Å². The topological polar surface area (TPSA) is 37.3 Å². The summed E-state index contributed by atoms with van der Waals surface area (Å²) in [5.41, 5.74) is 11.3. The van der Waals surface area contributed by atoms with Gasteiger partial charge in [0.1, 0.15) is 0 Å². The predicted molar refractivity (Wildman–Crippen MR) is 237 cm³/mol. The maximum Gasteiger partial charge on any atom is 0.209 e. The SMILES string of the molecule is CCC([SiH2]c1cc2ccccc2c2c1CP(=O)(O)Cc1c([SiH2]C(CC)c3ccc(C(C)(C)C)cc3)cc3ccccc3c1-2)c1ccc(C(C)(C)C)cc1. The number of benzene rings is 6. The quantitative estimate of drug-likeness (QED) is 0.124. The molecule has 0 amide bonds. The van der Waals surface area contributed by atoms with E-state index in [9.17, 15) is 9.46 Å². The van der Waals surface area contributed by atoms with Crippen molar-refractivity contribution < 1.29 is 9.46 Å². The lowest BCUT2D eigenvalue weighted by atomic mass is 9.86. The van der Waals surface area contributed by atoms with Crippen LogP contribution < -0.4 is 10.4 Å². The summed E-state index contributed by atoms with van der Waals surface area (Å²) in [5.74, 6) is 0. The second-order valence-corrected chi connectivity index (χ2v) is 24.4. The van der Waals surface area contributed by atoms with Crippen LogP contribution in [0.3, 0.4) is 0 Å². The smallest absolute Gasteiger partial charge is 0.209 e. The van der Waals surface area contributed by atoms with E-state index in [-0.39, 0.29) is 23.2 Å². The third-order valence-electron chi connectivity index (χ3n) is 12.0. The fourth-order valence-corrected chi connectivity index (χ4v) is 15.5. The number of fused-ring (bicyclic) bond motifs is 7. The Kier molecular flexibility index (Phi) is 10.4. The Labute approximate surface area is 322 Å². The van der Waals surface area contributed by atoms with Crippen LogP contribution in [-0.2, 0) is 27.7 Å². The lowest BCUT2D eigenvalue weighted by Gasteiger charge is -2.24. The molecule has 0 aliphatic carbocycles. The first-order valence-corrected chi connectivity index (χ1v) is 24.8. The van der Waals surface area contributed by atoms with Crippen molar-refractivity contribution in [3.8, 4) is 11.1 Å². The van der Waals surface area contributed by atoms with Crippen LogP contribution in [-0.4, -0.2) is 23.9 Å². The highest BCUT2D eigenvalue weighted by atomic mass is 31.2. The summed E-state index contributed by atoms with van der Waals surface area (Å²) < 4.78 is 14.7. The molecular formula is C48H57O2PSi2. The molecule has 1 aliphatic heterocycles. The minimum absolute atomic E-state index is 0.113. The first-order valence-electron chi connectivity index (χ1n) is 19.8. The molecule has 53 heavy (non-hydrogen) atoms. The molecule has 1 aliphatic rings. The van der Waals surface area contributed by atoms with Crippen LogP contribution >= 0.6 is 7.37 Å². The fourth-order valence-electron chi connectivity index (χ4n) is 8.78. The monoisotopic (exact) mass is 752 g/mol. The molecule has 6 aromatic carbocycles. The minimum atomic E-state index is -3.56. The molecule has 2 atom stereocenters. The first-order chi connectivity index (χ1) is 25.2. The van der Waals surface area contributed by atoms with Crippen molar-refractivity contribution >= 4 is 58.3 Å². The molecule has 7 rings (SSSR count). The van der Waals surface area contributed by atoms with Gasteiger partial charge in [-0.25, -0.2) is 0 Å². The number of hydrogen-bond donors (Lipinski definition) is 1. The Balaban J connectivity index is 1.42. The van der Waals surface area contributed by atoms with Gasteiger partial charge in [0, 0.05) is 0 Å². The van der Waals surface area contributed by atoms with Crippen molar-refractivity contribution in [3.63, 3.8) is 0 Å². The molecule has 0 bridgehead atoms. The van der Waals surface area contributed by atoms with Crippen molar-refractivity contribution in [2.24, 2.45) is 0 Å². The zero-order valence-corrected chi connectivity index (χ0v) is 36.8. The van der Waals surface area contributed by atoms with E-state index in [4.69, 9.17) is 0 Å². The van der Waals surface area contributed by atoms with E-state index in [2.05, 4.69) is 165 Å². The Hall–Kier alpha value is -3.54. The van der Waals surface area contributed by atoms with Crippen molar-refractivity contribution in [3.05, 3.63) is 143 Å². The molecule has 1 N–H and O–H groups in total. The highest BCUT2D eigenvalue weighted by Gasteiger charge is 2.34. The van der Waals surface area contributed by atoms with Crippen LogP contribution in [0.2, 0.25) is 0 Å². The van der Waals surface area contributed by atoms with Gasteiger partial charge >= 0.3 is 0 Å². The van der Waals surface area contributed by atoms with Crippen molar-refractivity contribution in [1.82, 2.24) is 0 Å². The Morgan fingerprint density at radius 2 is 0.943 bits per heavy atom. The van der Waals surface area contributed by atoms with Crippen LogP contribution in [0.5, 0.6) is 0 Å². The normalized spacial score (nSPS) is 17.8. The van der Waals surface area contributed by atoms with E-state index in [1.807, 2.05) is 0 Å². The van der Waals surface area contributed by atoms with Gasteiger partial charge in [-0.15, -0.1) is 0 Å². The standard InChI is InChI=1S/C48H57O2PSi2/c1-9-41(31-19-23-35(24-20-31)47(3,4)5)52-43-27-33-15-11-13-17-37(33)45-39(43)29-51(49,50)30-40-44(28-34-16-12-14-18-38(34)46(40)45)53-42(10-2)32-21-25-36(26-22-32)48(6,7)8/h11-28,41-42H,9-10,29-30,52-53H2,1-8H3,(H,49,50). The Morgan fingerprint density at radius 1 is 0.585 bits per heavy atom. The largest absolute Gasteiger partial charge is 0.344 e. The van der Waals surface area contributed by atoms with Crippen LogP contribution in [0.1, 0.15) is 113 Å². The molecule has 6 aromatic rings. The maximum absolute atomic E-state index is 14.7. The summed E-state index contributed by atoms with van der Waals surface area (Å²) in [4.78, 5) is 12.1. The van der Waals surface area contributed by atoms with Crippen molar-refractivity contribution in [2.45, 2.75) is 102 Å². The fraction of sp³-hybridized carbons (Fsp3) is 0.333. The highest BCUT2D eigenvalue weighted by molar-refractivity contribution is 7.56. The molecule has 0 radical (unpaired) electrons. The summed E-state index contributed by atoms with van der Waals surface area (Å²) in [6.07, 6.45) is 2.60. The van der Waals surface area contributed by atoms with Gasteiger partial charge in [-0.2, -0.15) is 0 Å².